The average molecular weight is 435 g/mol. The van der Waals surface area contributed by atoms with Crippen LogP contribution in [0.4, 0.5) is 13.2 Å². The van der Waals surface area contributed by atoms with Gasteiger partial charge in [-0.2, -0.15) is 4.80 Å². The number of carbonyl (C=O) groups excluding carboxylic acids is 2. The van der Waals surface area contributed by atoms with E-state index in [2.05, 4.69) is 30.2 Å². The van der Waals surface area contributed by atoms with Gasteiger partial charge in [0.05, 0.1) is 12.7 Å². The Balaban J connectivity index is 1.52. The van der Waals surface area contributed by atoms with Crippen molar-refractivity contribution >= 4 is 11.9 Å². The highest BCUT2D eigenvalue weighted by molar-refractivity contribution is 5.89. The maximum Gasteiger partial charge on any atom is 0.573 e. The number of methoxy groups -OCH3 is 1. The van der Waals surface area contributed by atoms with Crippen LogP contribution in [0.15, 0.2) is 48.5 Å². The number of amides is 1. The van der Waals surface area contributed by atoms with Crippen LogP contribution in [0.5, 0.6) is 5.75 Å². The molecule has 0 bridgehead atoms. The van der Waals surface area contributed by atoms with Gasteiger partial charge in [-0.05, 0) is 35.0 Å². The van der Waals surface area contributed by atoms with Crippen LogP contribution in [0.1, 0.15) is 15.9 Å². The van der Waals surface area contributed by atoms with E-state index in [1.807, 2.05) is 0 Å². The number of nitrogens with one attached hydrogen (secondary N) is 1. The minimum atomic E-state index is -4.76. The fourth-order valence-corrected chi connectivity index (χ4v) is 2.49. The summed E-state index contributed by atoms with van der Waals surface area (Å²) >= 11 is 0. The fourth-order valence-electron chi connectivity index (χ4n) is 2.49. The summed E-state index contributed by atoms with van der Waals surface area (Å²) in [7, 11) is 1.28. The standard InChI is InChI=1S/C19H16F3N5O4/c1-30-18(29)14-6-4-13(5-7-14)17-24-26-27(25-17)11-16(28)23-10-12-2-8-15(9-3-12)31-19(20,21)22/h2-9H,10-11H2,1H3,(H,23,28). The van der Waals surface area contributed by atoms with Crippen LogP contribution in [-0.2, 0) is 22.6 Å². The lowest BCUT2D eigenvalue weighted by Gasteiger charge is -2.09. The molecule has 2 aromatic carbocycles. The van der Waals surface area contributed by atoms with Crippen molar-refractivity contribution in [1.29, 1.82) is 0 Å². The van der Waals surface area contributed by atoms with Gasteiger partial charge < -0.3 is 14.8 Å². The highest BCUT2D eigenvalue weighted by Crippen LogP contribution is 2.22. The molecular weight excluding hydrogens is 419 g/mol. The lowest BCUT2D eigenvalue weighted by molar-refractivity contribution is -0.274. The summed E-state index contributed by atoms with van der Waals surface area (Å²) in [5, 5.41) is 14.4. The number of nitrogens with zero attached hydrogens (tertiary/aromatic N) is 4. The monoisotopic (exact) mass is 435 g/mol. The molecule has 1 heterocycles. The number of benzene rings is 2. The molecule has 1 aromatic heterocycles. The number of alkyl halides is 3. The molecule has 0 spiro atoms. The van der Waals surface area contributed by atoms with Crippen LogP contribution in [0.2, 0.25) is 0 Å². The van der Waals surface area contributed by atoms with Gasteiger partial charge in [-0.3, -0.25) is 4.79 Å². The summed E-state index contributed by atoms with van der Waals surface area (Å²) in [6, 6.07) is 11.5. The second kappa shape index (κ2) is 9.24. The van der Waals surface area contributed by atoms with Crippen molar-refractivity contribution in [2.75, 3.05) is 7.11 Å². The molecule has 0 atom stereocenters. The molecule has 3 aromatic rings. The van der Waals surface area contributed by atoms with Crippen molar-refractivity contribution < 1.29 is 32.2 Å². The first kappa shape index (κ1) is 21.7. The zero-order valence-electron chi connectivity index (χ0n) is 16.1. The van der Waals surface area contributed by atoms with Gasteiger partial charge >= 0.3 is 12.3 Å². The zero-order valence-corrected chi connectivity index (χ0v) is 16.1. The van der Waals surface area contributed by atoms with Crippen molar-refractivity contribution in [3.8, 4) is 17.1 Å². The van der Waals surface area contributed by atoms with Crippen molar-refractivity contribution in [1.82, 2.24) is 25.5 Å². The lowest BCUT2D eigenvalue weighted by atomic mass is 10.1. The van der Waals surface area contributed by atoms with E-state index in [4.69, 9.17) is 0 Å². The molecule has 162 valence electrons. The summed E-state index contributed by atoms with van der Waals surface area (Å²) in [5.74, 6) is -0.964. The van der Waals surface area contributed by atoms with Crippen LogP contribution in [0.25, 0.3) is 11.4 Å². The Kier molecular flexibility index (Phi) is 6.48. The first-order valence-electron chi connectivity index (χ1n) is 8.81. The van der Waals surface area contributed by atoms with Crippen LogP contribution in [0, 0.1) is 0 Å². The second-order valence-electron chi connectivity index (χ2n) is 6.18. The number of halogens is 3. The molecule has 0 radical (unpaired) electrons. The van der Waals surface area contributed by atoms with Crippen molar-refractivity contribution in [3.05, 3.63) is 59.7 Å². The number of hydrogen-bond donors (Lipinski definition) is 1. The largest absolute Gasteiger partial charge is 0.573 e. The molecule has 31 heavy (non-hydrogen) atoms. The van der Waals surface area contributed by atoms with Crippen molar-refractivity contribution in [2.45, 2.75) is 19.5 Å². The minimum absolute atomic E-state index is 0.0989. The first-order chi connectivity index (χ1) is 14.7. The van der Waals surface area contributed by atoms with Gasteiger partial charge in [0.2, 0.25) is 11.7 Å². The number of ether oxygens (including phenoxy) is 2. The number of esters is 1. The van der Waals surface area contributed by atoms with Crippen molar-refractivity contribution in [2.24, 2.45) is 0 Å². The van der Waals surface area contributed by atoms with Gasteiger partial charge in [-0.1, -0.05) is 24.3 Å². The maximum atomic E-state index is 12.2. The molecule has 0 aliphatic carbocycles. The molecule has 0 unspecified atom stereocenters. The molecule has 0 saturated carbocycles. The predicted octanol–water partition coefficient (Wildman–Crippen LogP) is 2.34. The summed E-state index contributed by atoms with van der Waals surface area (Å²) in [4.78, 5) is 24.6. The zero-order chi connectivity index (χ0) is 22.4. The fraction of sp³-hybridized carbons (Fsp3) is 0.211. The van der Waals surface area contributed by atoms with Crippen LogP contribution in [0.3, 0.4) is 0 Å². The van der Waals surface area contributed by atoms with Gasteiger partial charge in [0.1, 0.15) is 12.3 Å². The average Bonchev–Trinajstić information content (AvgIpc) is 3.20. The maximum absolute atomic E-state index is 12.2. The van der Waals surface area contributed by atoms with Gasteiger partial charge in [-0.15, -0.1) is 23.4 Å². The molecule has 3 rings (SSSR count). The normalized spacial score (nSPS) is 11.1. The molecule has 0 aliphatic heterocycles. The quantitative estimate of drug-likeness (QED) is 0.568. The van der Waals surface area contributed by atoms with Crippen LogP contribution in [-0.4, -0.2) is 45.6 Å². The number of tetrazole rings is 1. The van der Waals surface area contributed by atoms with E-state index in [0.717, 1.165) is 16.9 Å². The highest BCUT2D eigenvalue weighted by atomic mass is 19.4. The third-order valence-corrected chi connectivity index (χ3v) is 3.95. The van der Waals surface area contributed by atoms with Crippen LogP contribution >= 0.6 is 0 Å². The summed E-state index contributed by atoms with van der Waals surface area (Å²) in [6.07, 6.45) is -4.76. The third kappa shape index (κ3) is 6.26. The first-order valence-corrected chi connectivity index (χ1v) is 8.81. The van der Waals surface area contributed by atoms with E-state index in [9.17, 15) is 22.8 Å². The van der Waals surface area contributed by atoms with Crippen LogP contribution < -0.4 is 10.1 Å². The predicted molar refractivity (Wildman–Crippen MR) is 99.6 cm³/mol. The number of aromatic nitrogens is 4. The second-order valence-corrected chi connectivity index (χ2v) is 6.18. The van der Waals surface area contributed by atoms with E-state index in [1.54, 1.807) is 24.3 Å². The van der Waals surface area contributed by atoms with Gasteiger partial charge in [0.15, 0.2) is 0 Å². The smallest absolute Gasteiger partial charge is 0.465 e. The molecule has 1 amide bonds. The Morgan fingerprint density at radius 3 is 2.35 bits per heavy atom. The highest BCUT2D eigenvalue weighted by Gasteiger charge is 2.30. The Morgan fingerprint density at radius 1 is 1.06 bits per heavy atom. The molecular formula is C19H16F3N5O4. The Hall–Kier alpha value is -3.96. The Bertz CT molecular complexity index is 1050. The number of rotatable bonds is 7. The summed E-state index contributed by atoms with van der Waals surface area (Å²) in [6.45, 7) is -0.107. The Labute approximate surface area is 173 Å². The summed E-state index contributed by atoms with van der Waals surface area (Å²) in [5.41, 5.74) is 1.55. The van der Waals surface area contributed by atoms with E-state index < -0.39 is 18.2 Å². The van der Waals surface area contributed by atoms with Gasteiger partial charge in [0.25, 0.3) is 0 Å². The van der Waals surface area contributed by atoms with E-state index in [1.165, 1.54) is 19.2 Å². The molecule has 9 nitrogen and oxygen atoms in total. The molecule has 0 fully saturated rings. The third-order valence-electron chi connectivity index (χ3n) is 3.95. The van der Waals surface area contributed by atoms with E-state index >= 15 is 0 Å². The van der Waals surface area contributed by atoms with E-state index in [0.29, 0.717) is 16.7 Å². The van der Waals surface area contributed by atoms with Crippen molar-refractivity contribution in [3.63, 3.8) is 0 Å². The molecule has 12 heteroatoms. The SMILES string of the molecule is COC(=O)c1ccc(-c2nnn(CC(=O)NCc3ccc(OC(F)(F)F)cc3)n2)cc1. The minimum Gasteiger partial charge on any atom is -0.465 e. The number of carbonyl (C=O) groups is 2. The summed E-state index contributed by atoms with van der Waals surface area (Å²) < 4.78 is 44.9. The number of hydrogen-bond acceptors (Lipinski definition) is 7. The molecule has 1 N–H and O–H groups in total. The molecule has 0 saturated heterocycles. The lowest BCUT2D eigenvalue weighted by Crippen LogP contribution is -2.28. The van der Waals surface area contributed by atoms with E-state index in [-0.39, 0.29) is 24.7 Å². The van der Waals surface area contributed by atoms with Gasteiger partial charge in [0, 0.05) is 12.1 Å². The Morgan fingerprint density at radius 2 is 1.74 bits per heavy atom. The topological polar surface area (TPSA) is 108 Å². The van der Waals surface area contributed by atoms with Gasteiger partial charge in [-0.25, -0.2) is 4.79 Å². The molecule has 0 aliphatic rings.